The van der Waals surface area contributed by atoms with Crippen LogP contribution in [0.2, 0.25) is 0 Å². The van der Waals surface area contributed by atoms with Crippen LogP contribution < -0.4 is 15.0 Å². The summed E-state index contributed by atoms with van der Waals surface area (Å²) >= 11 is 0. The normalized spacial score (nSPS) is 21.9. The topological polar surface area (TPSA) is 87.7 Å². The maximum absolute atomic E-state index is 14.4. The number of amides is 2. The number of likely N-dealkylation sites (tertiary alicyclic amines) is 1. The highest BCUT2D eigenvalue weighted by Crippen LogP contribution is 2.29. The van der Waals surface area contributed by atoms with E-state index in [2.05, 4.69) is 15.3 Å². The zero-order valence-corrected chi connectivity index (χ0v) is 16.4. The number of halogens is 4. The highest BCUT2D eigenvalue weighted by Gasteiger charge is 2.50. The Labute approximate surface area is 184 Å². The van der Waals surface area contributed by atoms with E-state index in [1.165, 1.54) is 18.5 Å². The molecule has 2 aromatic rings. The molecule has 1 aromatic heterocycles. The number of benzene rings is 1. The van der Waals surface area contributed by atoms with Crippen molar-refractivity contribution >= 4 is 17.6 Å². The fourth-order valence-corrected chi connectivity index (χ4v) is 3.47. The van der Waals surface area contributed by atoms with Crippen LogP contribution in [0.15, 0.2) is 30.6 Å². The average molecular weight is 456 g/mol. The van der Waals surface area contributed by atoms with Crippen LogP contribution in [0.3, 0.4) is 0 Å². The quantitative estimate of drug-likeness (QED) is 0.689. The average Bonchev–Trinajstić information content (AvgIpc) is 3.05. The molecule has 170 valence electrons. The van der Waals surface area contributed by atoms with E-state index in [4.69, 9.17) is 8.85 Å². The first-order chi connectivity index (χ1) is 16.3. The minimum absolute atomic E-state index is 0.0897. The second-order valence-corrected chi connectivity index (χ2v) is 7.42. The lowest BCUT2D eigenvalue weighted by molar-refractivity contribution is -0.129. The van der Waals surface area contributed by atoms with Crippen LogP contribution in [0.4, 0.5) is 23.4 Å². The molecule has 0 aliphatic carbocycles. The minimum atomic E-state index is -3.56. The standard InChI is InChI=1S/C20H19F4N5O3/c1-11(30)29-9-16(20(23,24)10-29)27-19(31)17-18(26-5-4-25-17)28-7-13(8-28)32-12-2-3-14(21)15(22)6-12/h2-6,13,16H,7-10H2,1H3,(H,27,31)/i1D3. The first kappa shape index (κ1) is 18.2. The molecular weight excluding hydrogens is 434 g/mol. The number of alkyl halides is 2. The van der Waals surface area contributed by atoms with E-state index >= 15 is 0 Å². The third kappa shape index (κ3) is 4.30. The Morgan fingerprint density at radius 3 is 2.66 bits per heavy atom. The lowest BCUT2D eigenvalue weighted by Gasteiger charge is -2.40. The molecule has 2 aliphatic rings. The summed E-state index contributed by atoms with van der Waals surface area (Å²) in [4.78, 5) is 34.7. The smallest absolute Gasteiger partial charge is 0.286 e. The van der Waals surface area contributed by atoms with Gasteiger partial charge in [0.15, 0.2) is 23.1 Å². The van der Waals surface area contributed by atoms with Crippen LogP contribution in [-0.4, -0.2) is 70.9 Å². The molecule has 4 rings (SSSR count). The van der Waals surface area contributed by atoms with E-state index in [9.17, 15) is 27.2 Å². The van der Waals surface area contributed by atoms with Crippen molar-refractivity contribution in [1.29, 1.82) is 0 Å². The van der Waals surface area contributed by atoms with Gasteiger partial charge in [0.25, 0.3) is 11.8 Å². The van der Waals surface area contributed by atoms with Crippen molar-refractivity contribution in [3.05, 3.63) is 47.9 Å². The molecule has 8 nitrogen and oxygen atoms in total. The summed E-state index contributed by atoms with van der Waals surface area (Å²) < 4.78 is 82.2. The zero-order valence-electron chi connectivity index (χ0n) is 19.4. The highest BCUT2D eigenvalue weighted by molar-refractivity contribution is 5.97. The van der Waals surface area contributed by atoms with Gasteiger partial charge < -0.3 is 19.9 Å². The molecule has 0 spiro atoms. The zero-order chi connectivity index (χ0) is 25.5. The van der Waals surface area contributed by atoms with Crippen LogP contribution in [0, 0.1) is 11.6 Å². The number of hydrogen-bond donors (Lipinski definition) is 1. The summed E-state index contributed by atoms with van der Waals surface area (Å²) in [5.74, 6) is -7.83. The van der Waals surface area contributed by atoms with Gasteiger partial charge in [-0.15, -0.1) is 0 Å². The van der Waals surface area contributed by atoms with Crippen LogP contribution >= 0.6 is 0 Å². The second kappa shape index (κ2) is 8.24. The Morgan fingerprint density at radius 2 is 1.94 bits per heavy atom. The maximum atomic E-state index is 14.4. The van der Waals surface area contributed by atoms with Gasteiger partial charge in [-0.1, -0.05) is 0 Å². The molecule has 12 heteroatoms. The largest absolute Gasteiger partial charge is 0.487 e. The van der Waals surface area contributed by atoms with E-state index in [0.717, 1.165) is 12.1 Å². The number of anilines is 1. The number of nitrogens with zero attached hydrogens (tertiary/aromatic N) is 4. The third-order valence-electron chi connectivity index (χ3n) is 5.14. The molecule has 0 saturated carbocycles. The molecule has 2 saturated heterocycles. The van der Waals surface area contributed by atoms with Crippen molar-refractivity contribution in [2.45, 2.75) is 24.9 Å². The summed E-state index contributed by atoms with van der Waals surface area (Å²) in [6.07, 6.45) is 2.07. The molecule has 1 N–H and O–H groups in total. The van der Waals surface area contributed by atoms with Gasteiger partial charge in [0.05, 0.1) is 19.6 Å². The van der Waals surface area contributed by atoms with Crippen LogP contribution in [-0.2, 0) is 4.79 Å². The van der Waals surface area contributed by atoms with Crippen LogP contribution in [0.5, 0.6) is 5.75 Å². The minimum Gasteiger partial charge on any atom is -0.487 e. The van der Waals surface area contributed by atoms with Gasteiger partial charge in [0.1, 0.15) is 17.9 Å². The Kier molecular flexibility index (Phi) is 4.68. The predicted molar refractivity (Wildman–Crippen MR) is 103 cm³/mol. The van der Waals surface area contributed by atoms with E-state index in [1.54, 1.807) is 4.90 Å². The fourth-order valence-electron chi connectivity index (χ4n) is 3.47. The fraction of sp³-hybridized carbons (Fsp3) is 0.400. The van der Waals surface area contributed by atoms with E-state index in [-0.39, 0.29) is 30.4 Å². The monoisotopic (exact) mass is 456 g/mol. The van der Waals surface area contributed by atoms with Gasteiger partial charge in [0.2, 0.25) is 5.91 Å². The lowest BCUT2D eigenvalue weighted by atomic mass is 10.1. The molecule has 1 unspecified atom stereocenters. The van der Waals surface area contributed by atoms with Crippen molar-refractivity contribution < 1.29 is 36.0 Å². The van der Waals surface area contributed by atoms with Crippen LogP contribution in [0.25, 0.3) is 0 Å². The van der Waals surface area contributed by atoms with Crippen molar-refractivity contribution in [2.24, 2.45) is 0 Å². The van der Waals surface area contributed by atoms with Gasteiger partial charge in [-0.05, 0) is 12.1 Å². The number of nitrogens with one attached hydrogen (secondary N) is 1. The van der Waals surface area contributed by atoms with E-state index < -0.39 is 61.5 Å². The molecule has 1 aromatic carbocycles. The number of ether oxygens (including phenoxy) is 1. The van der Waals surface area contributed by atoms with Crippen molar-refractivity contribution in [1.82, 2.24) is 20.2 Å². The van der Waals surface area contributed by atoms with E-state index in [0.29, 0.717) is 4.90 Å². The number of carbonyl (C=O) groups excluding carboxylic acids is 2. The molecule has 2 aliphatic heterocycles. The first-order valence-electron chi connectivity index (χ1n) is 11.0. The summed E-state index contributed by atoms with van der Waals surface area (Å²) in [7, 11) is 0. The molecule has 1 atom stereocenters. The third-order valence-corrected chi connectivity index (χ3v) is 5.14. The number of carbonyl (C=O) groups is 2. The summed E-state index contributed by atoms with van der Waals surface area (Å²) in [6.45, 7) is -4.49. The van der Waals surface area contributed by atoms with Gasteiger partial charge in [0, 0.05) is 36.0 Å². The molecular formula is C20H19F4N5O3. The summed E-state index contributed by atoms with van der Waals surface area (Å²) in [5.41, 5.74) is -0.254. The highest BCUT2D eigenvalue weighted by atomic mass is 19.3. The predicted octanol–water partition coefficient (Wildman–Crippen LogP) is 1.62. The van der Waals surface area contributed by atoms with Gasteiger partial charge in [-0.25, -0.2) is 27.5 Å². The number of rotatable bonds is 5. The molecule has 32 heavy (non-hydrogen) atoms. The summed E-state index contributed by atoms with van der Waals surface area (Å²) in [6, 6.07) is 1.28. The van der Waals surface area contributed by atoms with Gasteiger partial charge >= 0.3 is 0 Å². The van der Waals surface area contributed by atoms with Gasteiger partial charge in [-0.2, -0.15) is 0 Å². The van der Waals surface area contributed by atoms with E-state index in [1.807, 2.05) is 0 Å². The van der Waals surface area contributed by atoms with Crippen molar-refractivity contribution in [2.75, 3.05) is 31.1 Å². The molecule has 0 bridgehead atoms. The maximum Gasteiger partial charge on any atom is 0.286 e. The van der Waals surface area contributed by atoms with Crippen molar-refractivity contribution in [3.8, 4) is 5.75 Å². The SMILES string of the molecule is [2H]C([2H])([2H])C(=O)N1CC(NC(=O)c2nccnc2N2CC(Oc3ccc(F)c(F)c3)C2)C(F)(F)C1. The number of hydrogen-bond acceptors (Lipinski definition) is 6. The lowest BCUT2D eigenvalue weighted by Crippen LogP contribution is -2.55. The second-order valence-electron chi connectivity index (χ2n) is 7.42. The Balaban J connectivity index is 1.41. The molecule has 2 fully saturated rings. The van der Waals surface area contributed by atoms with Gasteiger partial charge in [-0.3, -0.25) is 9.59 Å². The molecule has 0 radical (unpaired) electrons. The molecule has 3 heterocycles. The van der Waals surface area contributed by atoms with Crippen molar-refractivity contribution in [3.63, 3.8) is 0 Å². The summed E-state index contributed by atoms with van der Waals surface area (Å²) in [5, 5.41) is 2.12. The first-order valence-corrected chi connectivity index (χ1v) is 9.51. The van der Waals surface area contributed by atoms with Crippen LogP contribution in [0.1, 0.15) is 21.5 Å². The Bertz CT molecular complexity index is 1150. The Morgan fingerprint density at radius 1 is 1.19 bits per heavy atom. The molecule has 2 amide bonds. The number of aromatic nitrogens is 2. The Hall–Kier alpha value is -3.44.